The molecule has 0 aliphatic carbocycles. The molecular weight excluding hydrogens is 248 g/mol. The van der Waals surface area contributed by atoms with Gasteiger partial charge in [0.2, 0.25) is 5.88 Å². The number of carbonyl (C=O) groups excluding carboxylic acids is 1. The fraction of sp³-hybridized carbons (Fsp3) is 0.538. The van der Waals surface area contributed by atoms with Crippen molar-refractivity contribution < 1.29 is 19.0 Å². The summed E-state index contributed by atoms with van der Waals surface area (Å²) in [6, 6.07) is 3.31. The Labute approximate surface area is 112 Å². The maximum absolute atomic E-state index is 11.6. The topological polar surface area (TPSA) is 69.7 Å². The van der Waals surface area contributed by atoms with E-state index in [4.69, 9.17) is 14.2 Å². The third-order valence-corrected chi connectivity index (χ3v) is 2.84. The summed E-state index contributed by atoms with van der Waals surface area (Å²) >= 11 is 0. The first-order valence-corrected chi connectivity index (χ1v) is 6.26. The van der Waals surface area contributed by atoms with Crippen LogP contribution in [0.5, 0.6) is 5.88 Å². The fourth-order valence-electron chi connectivity index (χ4n) is 1.83. The highest BCUT2D eigenvalue weighted by atomic mass is 16.5. The van der Waals surface area contributed by atoms with Crippen molar-refractivity contribution in [1.29, 1.82) is 0 Å². The first kappa shape index (κ1) is 13.8. The number of esters is 1. The number of rotatable bonds is 4. The van der Waals surface area contributed by atoms with Gasteiger partial charge in [-0.15, -0.1) is 0 Å². The Hall–Kier alpha value is -1.66. The molecule has 1 saturated heterocycles. The molecule has 0 radical (unpaired) electrons. The predicted molar refractivity (Wildman–Crippen MR) is 68.3 cm³/mol. The van der Waals surface area contributed by atoms with Gasteiger partial charge in [-0.05, 0) is 12.1 Å². The summed E-state index contributed by atoms with van der Waals surface area (Å²) in [7, 11) is 1.34. The first-order valence-electron chi connectivity index (χ1n) is 6.26. The number of hydrogen-bond donors (Lipinski definition) is 1. The first-order chi connectivity index (χ1) is 9.31. The Balaban J connectivity index is 1.96. The van der Waals surface area contributed by atoms with E-state index in [1.54, 1.807) is 18.3 Å². The molecule has 1 N–H and O–H groups in total. The van der Waals surface area contributed by atoms with Crippen molar-refractivity contribution in [3.05, 3.63) is 23.9 Å². The molecule has 0 saturated carbocycles. The van der Waals surface area contributed by atoms with Crippen LogP contribution in [0.1, 0.15) is 10.4 Å². The van der Waals surface area contributed by atoms with Crippen molar-refractivity contribution >= 4 is 5.97 Å². The standard InChI is InChI=1S/C13H18N2O4/c1-17-13(16)11-3-2-4-15-12(11)19-9-10-7-14-5-6-18-8-10/h2-4,10,14H,5-9H2,1H3. The Kier molecular flexibility index (Phi) is 5.11. The lowest BCUT2D eigenvalue weighted by Gasteiger charge is -2.15. The summed E-state index contributed by atoms with van der Waals surface area (Å²) in [4.78, 5) is 15.6. The van der Waals surface area contributed by atoms with Crippen molar-refractivity contribution in [2.75, 3.05) is 40.0 Å². The van der Waals surface area contributed by atoms with Gasteiger partial charge in [0.1, 0.15) is 5.56 Å². The number of hydrogen-bond acceptors (Lipinski definition) is 6. The van der Waals surface area contributed by atoms with Gasteiger partial charge in [0.15, 0.2) is 0 Å². The molecule has 1 aromatic rings. The summed E-state index contributed by atoms with van der Waals surface area (Å²) in [5.41, 5.74) is 0.340. The minimum absolute atomic E-state index is 0.245. The molecule has 2 rings (SSSR count). The van der Waals surface area contributed by atoms with Crippen molar-refractivity contribution in [2.45, 2.75) is 0 Å². The minimum atomic E-state index is -0.446. The molecule has 0 aromatic carbocycles. The molecule has 1 aliphatic rings. The van der Waals surface area contributed by atoms with E-state index < -0.39 is 5.97 Å². The Morgan fingerprint density at radius 2 is 2.53 bits per heavy atom. The van der Waals surface area contributed by atoms with E-state index in [-0.39, 0.29) is 5.92 Å². The van der Waals surface area contributed by atoms with Crippen LogP contribution in [0.2, 0.25) is 0 Å². The second-order valence-electron chi connectivity index (χ2n) is 4.30. The van der Waals surface area contributed by atoms with Gasteiger partial charge in [-0.3, -0.25) is 0 Å². The molecule has 6 heteroatoms. The van der Waals surface area contributed by atoms with Crippen LogP contribution in [-0.4, -0.2) is 51.0 Å². The molecule has 0 bridgehead atoms. The van der Waals surface area contributed by atoms with Gasteiger partial charge in [0.25, 0.3) is 0 Å². The predicted octanol–water partition coefficient (Wildman–Crippen LogP) is 0.483. The van der Waals surface area contributed by atoms with Gasteiger partial charge in [-0.25, -0.2) is 9.78 Å². The number of carbonyl (C=O) groups is 1. The van der Waals surface area contributed by atoms with Crippen molar-refractivity contribution in [3.63, 3.8) is 0 Å². The van der Waals surface area contributed by atoms with Gasteiger partial charge < -0.3 is 19.5 Å². The molecule has 19 heavy (non-hydrogen) atoms. The van der Waals surface area contributed by atoms with Crippen LogP contribution in [0.15, 0.2) is 18.3 Å². The maximum Gasteiger partial charge on any atom is 0.343 e. The highest BCUT2D eigenvalue weighted by molar-refractivity contribution is 5.91. The molecule has 2 heterocycles. The van der Waals surface area contributed by atoms with Gasteiger partial charge in [0, 0.05) is 25.2 Å². The van der Waals surface area contributed by atoms with Crippen molar-refractivity contribution in [1.82, 2.24) is 10.3 Å². The molecule has 0 spiro atoms. The van der Waals surface area contributed by atoms with Gasteiger partial charge in [-0.2, -0.15) is 0 Å². The summed E-state index contributed by atoms with van der Waals surface area (Å²) in [6.45, 7) is 3.50. The average Bonchev–Trinajstić information content (AvgIpc) is 2.73. The van der Waals surface area contributed by atoms with Crippen LogP contribution in [0, 0.1) is 5.92 Å². The molecule has 0 amide bonds. The van der Waals surface area contributed by atoms with E-state index in [1.807, 2.05) is 0 Å². The molecule has 1 fully saturated rings. The van der Waals surface area contributed by atoms with E-state index in [9.17, 15) is 4.79 Å². The highest BCUT2D eigenvalue weighted by Gasteiger charge is 2.17. The fourth-order valence-corrected chi connectivity index (χ4v) is 1.83. The molecule has 104 valence electrons. The zero-order valence-corrected chi connectivity index (χ0v) is 10.9. The van der Waals surface area contributed by atoms with Crippen LogP contribution >= 0.6 is 0 Å². The van der Waals surface area contributed by atoms with E-state index >= 15 is 0 Å². The number of pyridine rings is 1. The van der Waals surface area contributed by atoms with Gasteiger partial charge in [0.05, 0.1) is 26.9 Å². The zero-order valence-electron chi connectivity index (χ0n) is 10.9. The Bertz CT molecular complexity index is 417. The summed E-state index contributed by atoms with van der Waals surface area (Å²) in [6.07, 6.45) is 1.59. The SMILES string of the molecule is COC(=O)c1cccnc1OCC1CNCCOC1. The molecule has 1 aromatic heterocycles. The third kappa shape index (κ3) is 3.90. The second kappa shape index (κ2) is 7.06. The van der Waals surface area contributed by atoms with E-state index in [2.05, 4.69) is 10.3 Å². The molecule has 1 unspecified atom stereocenters. The summed E-state index contributed by atoms with van der Waals surface area (Å²) < 4.78 is 15.8. The Morgan fingerprint density at radius 3 is 3.37 bits per heavy atom. The number of nitrogens with zero attached hydrogens (tertiary/aromatic N) is 1. The molecule has 6 nitrogen and oxygen atoms in total. The molecular formula is C13H18N2O4. The zero-order chi connectivity index (χ0) is 13.5. The van der Waals surface area contributed by atoms with Crippen LogP contribution < -0.4 is 10.1 Å². The van der Waals surface area contributed by atoms with Crippen LogP contribution in [-0.2, 0) is 9.47 Å². The quantitative estimate of drug-likeness (QED) is 0.800. The number of aromatic nitrogens is 1. The number of nitrogens with one attached hydrogen (secondary N) is 1. The normalized spacial score (nSPS) is 19.5. The largest absolute Gasteiger partial charge is 0.477 e. The van der Waals surface area contributed by atoms with Crippen LogP contribution in [0.25, 0.3) is 0 Å². The van der Waals surface area contributed by atoms with Crippen molar-refractivity contribution in [3.8, 4) is 5.88 Å². The lowest BCUT2D eigenvalue weighted by atomic mass is 10.2. The van der Waals surface area contributed by atoms with E-state index in [1.165, 1.54) is 7.11 Å². The van der Waals surface area contributed by atoms with E-state index in [0.29, 0.717) is 31.3 Å². The van der Waals surface area contributed by atoms with Gasteiger partial charge >= 0.3 is 5.97 Å². The Morgan fingerprint density at radius 1 is 1.63 bits per heavy atom. The van der Waals surface area contributed by atoms with Crippen LogP contribution in [0.4, 0.5) is 0 Å². The smallest absolute Gasteiger partial charge is 0.343 e. The summed E-state index contributed by atoms with van der Waals surface area (Å²) in [5, 5.41) is 3.27. The number of methoxy groups -OCH3 is 1. The molecule has 1 aliphatic heterocycles. The maximum atomic E-state index is 11.6. The lowest BCUT2D eigenvalue weighted by Crippen LogP contribution is -2.27. The molecule has 1 atom stereocenters. The monoisotopic (exact) mass is 266 g/mol. The van der Waals surface area contributed by atoms with Gasteiger partial charge in [-0.1, -0.05) is 0 Å². The lowest BCUT2D eigenvalue weighted by molar-refractivity contribution is 0.0591. The highest BCUT2D eigenvalue weighted by Crippen LogP contribution is 2.16. The van der Waals surface area contributed by atoms with E-state index in [0.717, 1.165) is 13.1 Å². The minimum Gasteiger partial charge on any atom is -0.477 e. The van der Waals surface area contributed by atoms with Crippen molar-refractivity contribution in [2.24, 2.45) is 5.92 Å². The number of ether oxygens (including phenoxy) is 3. The summed E-state index contributed by atoms with van der Waals surface area (Å²) in [5.74, 6) is 0.104. The second-order valence-corrected chi connectivity index (χ2v) is 4.30. The van der Waals surface area contributed by atoms with Crippen LogP contribution in [0.3, 0.4) is 0 Å². The average molecular weight is 266 g/mol. The third-order valence-electron chi connectivity index (χ3n) is 2.84.